The van der Waals surface area contributed by atoms with Crippen LogP contribution in [0.5, 0.6) is 0 Å². The summed E-state index contributed by atoms with van der Waals surface area (Å²) in [7, 11) is 0. The first-order chi connectivity index (χ1) is 12.7. The van der Waals surface area contributed by atoms with Crippen molar-refractivity contribution in [2.45, 2.75) is 24.2 Å². The lowest BCUT2D eigenvalue weighted by atomic mass is 10.1. The fraction of sp³-hybridized carbons (Fsp3) is 0.333. The summed E-state index contributed by atoms with van der Waals surface area (Å²) in [5, 5.41) is 21.4. The highest BCUT2D eigenvalue weighted by atomic mass is 32.2. The molecular formula is C18H19N5OS2. The number of benzene rings is 1. The van der Waals surface area contributed by atoms with E-state index in [1.807, 2.05) is 36.6 Å². The molecule has 2 aromatic rings. The van der Waals surface area contributed by atoms with Crippen LogP contribution in [0.2, 0.25) is 0 Å². The van der Waals surface area contributed by atoms with Crippen LogP contribution in [0.1, 0.15) is 24.8 Å². The summed E-state index contributed by atoms with van der Waals surface area (Å²) in [5.74, 6) is -0.470. The highest BCUT2D eigenvalue weighted by molar-refractivity contribution is 7.98. The first kappa shape index (κ1) is 18.4. The Morgan fingerprint density at radius 1 is 1.27 bits per heavy atom. The predicted molar refractivity (Wildman–Crippen MR) is 106 cm³/mol. The van der Waals surface area contributed by atoms with Gasteiger partial charge in [0.05, 0.1) is 0 Å². The molecule has 0 aliphatic carbocycles. The zero-order valence-electron chi connectivity index (χ0n) is 14.4. The summed E-state index contributed by atoms with van der Waals surface area (Å²) in [5.41, 5.74) is 0.845. The number of piperidine rings is 1. The number of anilines is 2. The van der Waals surface area contributed by atoms with Crippen molar-refractivity contribution in [3.63, 3.8) is 0 Å². The van der Waals surface area contributed by atoms with Gasteiger partial charge >= 0.3 is 0 Å². The number of thioether (sulfide) groups is 1. The monoisotopic (exact) mass is 385 g/mol. The highest BCUT2D eigenvalue weighted by Crippen LogP contribution is 2.27. The van der Waals surface area contributed by atoms with Crippen molar-refractivity contribution >= 4 is 45.3 Å². The van der Waals surface area contributed by atoms with Gasteiger partial charge in [0.1, 0.15) is 11.6 Å². The second kappa shape index (κ2) is 8.83. The number of nitrogens with zero attached hydrogens (tertiary/aromatic N) is 4. The van der Waals surface area contributed by atoms with E-state index in [1.54, 1.807) is 17.8 Å². The Morgan fingerprint density at radius 2 is 2.00 bits per heavy atom. The second-order valence-corrected chi connectivity index (χ2v) is 7.67. The van der Waals surface area contributed by atoms with E-state index in [9.17, 15) is 10.1 Å². The smallest absolute Gasteiger partial charge is 0.268 e. The lowest BCUT2D eigenvalue weighted by molar-refractivity contribution is -0.112. The van der Waals surface area contributed by atoms with Crippen molar-refractivity contribution in [2.75, 3.05) is 29.6 Å². The van der Waals surface area contributed by atoms with Crippen LogP contribution in [0, 0.1) is 11.3 Å². The predicted octanol–water partition coefficient (Wildman–Crippen LogP) is 3.80. The van der Waals surface area contributed by atoms with Gasteiger partial charge in [-0.3, -0.25) is 10.1 Å². The standard InChI is InChI=1S/C18H19N5OS2/c1-25-15-7-5-13(6-8-15)11-14(12-19)16(24)20-17-21-22-18(26-17)23-9-3-2-4-10-23/h5-8,11H,2-4,9-10H2,1H3,(H,20,21,24)/b14-11-. The Morgan fingerprint density at radius 3 is 2.65 bits per heavy atom. The van der Waals surface area contributed by atoms with Gasteiger partial charge in [-0.15, -0.1) is 22.0 Å². The van der Waals surface area contributed by atoms with Crippen molar-refractivity contribution in [3.8, 4) is 6.07 Å². The molecule has 1 aromatic heterocycles. The summed E-state index contributed by atoms with van der Waals surface area (Å²) >= 11 is 2.98. The number of carbonyl (C=O) groups excluding carboxylic acids is 1. The topological polar surface area (TPSA) is 81.9 Å². The molecule has 3 rings (SSSR count). The molecule has 0 bridgehead atoms. The average molecular weight is 386 g/mol. The van der Waals surface area contributed by atoms with E-state index in [-0.39, 0.29) is 5.57 Å². The molecule has 134 valence electrons. The molecule has 1 N–H and O–H groups in total. The molecular weight excluding hydrogens is 366 g/mol. The Balaban J connectivity index is 1.68. The van der Waals surface area contributed by atoms with Crippen molar-refractivity contribution in [3.05, 3.63) is 35.4 Å². The molecule has 1 saturated heterocycles. The number of aromatic nitrogens is 2. The molecule has 0 spiro atoms. The molecule has 2 heterocycles. The van der Waals surface area contributed by atoms with E-state index in [0.29, 0.717) is 5.13 Å². The molecule has 0 unspecified atom stereocenters. The third-order valence-electron chi connectivity index (χ3n) is 4.05. The lowest BCUT2D eigenvalue weighted by Crippen LogP contribution is -2.29. The van der Waals surface area contributed by atoms with Gasteiger partial charge in [0.25, 0.3) is 5.91 Å². The van der Waals surface area contributed by atoms with E-state index >= 15 is 0 Å². The fourth-order valence-electron chi connectivity index (χ4n) is 2.66. The third kappa shape index (κ3) is 4.62. The Bertz CT molecular complexity index is 832. The van der Waals surface area contributed by atoms with Crippen molar-refractivity contribution in [1.29, 1.82) is 5.26 Å². The largest absolute Gasteiger partial charge is 0.347 e. The minimum absolute atomic E-state index is 0.0385. The second-order valence-electron chi connectivity index (χ2n) is 5.83. The zero-order valence-corrected chi connectivity index (χ0v) is 16.1. The van der Waals surface area contributed by atoms with Crippen LogP contribution in [0.3, 0.4) is 0 Å². The number of amides is 1. The summed E-state index contributed by atoms with van der Waals surface area (Å²) in [6.07, 6.45) is 7.12. The molecule has 26 heavy (non-hydrogen) atoms. The first-order valence-electron chi connectivity index (χ1n) is 8.35. The number of rotatable bonds is 5. The number of carbonyl (C=O) groups is 1. The molecule has 1 aliphatic heterocycles. The van der Waals surface area contributed by atoms with Gasteiger partial charge in [0, 0.05) is 18.0 Å². The van der Waals surface area contributed by atoms with Crippen LogP contribution in [0.4, 0.5) is 10.3 Å². The van der Waals surface area contributed by atoms with Crippen LogP contribution in [0.25, 0.3) is 6.08 Å². The van der Waals surface area contributed by atoms with E-state index < -0.39 is 5.91 Å². The van der Waals surface area contributed by atoms with E-state index in [4.69, 9.17) is 0 Å². The van der Waals surface area contributed by atoms with Crippen LogP contribution in [-0.2, 0) is 4.79 Å². The van der Waals surface area contributed by atoms with Gasteiger partial charge in [-0.1, -0.05) is 23.5 Å². The summed E-state index contributed by atoms with van der Waals surface area (Å²) in [4.78, 5) is 15.7. The zero-order chi connectivity index (χ0) is 18.4. The van der Waals surface area contributed by atoms with Gasteiger partial charge in [0.2, 0.25) is 10.3 Å². The molecule has 1 aliphatic rings. The van der Waals surface area contributed by atoms with E-state index in [1.165, 1.54) is 17.8 Å². The van der Waals surface area contributed by atoms with Gasteiger partial charge in [0.15, 0.2) is 0 Å². The maximum absolute atomic E-state index is 12.4. The maximum Gasteiger partial charge on any atom is 0.268 e. The maximum atomic E-state index is 12.4. The van der Waals surface area contributed by atoms with Gasteiger partial charge in [-0.05, 0) is 49.3 Å². The van der Waals surface area contributed by atoms with E-state index in [0.717, 1.165) is 41.5 Å². The van der Waals surface area contributed by atoms with E-state index in [2.05, 4.69) is 20.4 Å². The number of hydrogen-bond acceptors (Lipinski definition) is 7. The van der Waals surface area contributed by atoms with Crippen molar-refractivity contribution < 1.29 is 4.79 Å². The normalized spacial score (nSPS) is 14.8. The molecule has 1 aromatic carbocycles. The highest BCUT2D eigenvalue weighted by Gasteiger charge is 2.17. The molecule has 1 amide bonds. The quantitative estimate of drug-likeness (QED) is 0.479. The van der Waals surface area contributed by atoms with Crippen LogP contribution < -0.4 is 10.2 Å². The fourth-order valence-corrected chi connectivity index (χ4v) is 3.86. The Hall–Kier alpha value is -2.37. The minimum atomic E-state index is -0.470. The summed E-state index contributed by atoms with van der Waals surface area (Å²) in [6.45, 7) is 1.94. The van der Waals surface area contributed by atoms with Crippen LogP contribution >= 0.6 is 23.1 Å². The minimum Gasteiger partial charge on any atom is -0.347 e. The van der Waals surface area contributed by atoms with Gasteiger partial charge in [-0.25, -0.2) is 0 Å². The molecule has 0 radical (unpaired) electrons. The summed E-state index contributed by atoms with van der Waals surface area (Å²) < 4.78 is 0. The van der Waals surface area contributed by atoms with Gasteiger partial charge < -0.3 is 4.90 Å². The average Bonchev–Trinajstić information content (AvgIpc) is 3.15. The third-order valence-corrected chi connectivity index (χ3v) is 5.70. The molecule has 8 heteroatoms. The van der Waals surface area contributed by atoms with Crippen molar-refractivity contribution in [2.24, 2.45) is 0 Å². The number of nitriles is 1. The molecule has 1 fully saturated rings. The Kier molecular flexibility index (Phi) is 6.26. The number of hydrogen-bond donors (Lipinski definition) is 1. The Labute approximate surface area is 160 Å². The van der Waals surface area contributed by atoms with Crippen LogP contribution in [0.15, 0.2) is 34.7 Å². The molecule has 0 atom stereocenters. The lowest BCUT2D eigenvalue weighted by Gasteiger charge is -2.25. The SMILES string of the molecule is CSc1ccc(/C=C(/C#N)C(=O)Nc2nnc(N3CCCCC3)s2)cc1. The van der Waals surface area contributed by atoms with Crippen LogP contribution in [-0.4, -0.2) is 35.4 Å². The number of nitrogens with one attached hydrogen (secondary N) is 1. The first-order valence-corrected chi connectivity index (χ1v) is 10.4. The molecule has 6 nitrogen and oxygen atoms in total. The summed E-state index contributed by atoms with van der Waals surface area (Å²) in [6, 6.07) is 9.64. The van der Waals surface area contributed by atoms with Crippen molar-refractivity contribution in [1.82, 2.24) is 10.2 Å². The van der Waals surface area contributed by atoms with Gasteiger partial charge in [-0.2, -0.15) is 5.26 Å². The molecule has 0 saturated carbocycles.